The van der Waals surface area contributed by atoms with Crippen molar-refractivity contribution in [3.05, 3.63) is 89.2 Å². The van der Waals surface area contributed by atoms with Gasteiger partial charge < -0.3 is 9.52 Å². The van der Waals surface area contributed by atoms with Gasteiger partial charge in [0.05, 0.1) is 5.56 Å². The maximum Gasteiger partial charge on any atom is 0.335 e. The fourth-order valence-corrected chi connectivity index (χ4v) is 2.43. The summed E-state index contributed by atoms with van der Waals surface area (Å²) >= 11 is 0. The molecule has 0 radical (unpaired) electrons. The van der Waals surface area contributed by atoms with Gasteiger partial charge in [-0.2, -0.15) is 5.26 Å². The van der Waals surface area contributed by atoms with Crippen molar-refractivity contribution in [3.8, 4) is 17.4 Å². The molecule has 0 bridgehead atoms. The average molecular weight is 343 g/mol. The van der Waals surface area contributed by atoms with Crippen LogP contribution < -0.4 is 0 Å². The number of carboxylic acids is 1. The Balaban J connectivity index is 1.90. The Hall–Kier alpha value is -3.91. The normalized spacial score (nSPS) is 11.0. The van der Waals surface area contributed by atoms with E-state index in [1.165, 1.54) is 18.2 Å². The van der Waals surface area contributed by atoms with Crippen LogP contribution in [0, 0.1) is 11.3 Å². The number of aromatic carboxylic acids is 1. The molecule has 2 aromatic carbocycles. The van der Waals surface area contributed by atoms with Crippen LogP contribution in [0.5, 0.6) is 0 Å². The lowest BCUT2D eigenvalue weighted by atomic mass is 10.0. The molecule has 0 fully saturated rings. The van der Waals surface area contributed by atoms with Crippen LogP contribution in [0.1, 0.15) is 26.5 Å². The van der Waals surface area contributed by atoms with Crippen LogP contribution in [0.15, 0.2) is 76.7 Å². The largest absolute Gasteiger partial charge is 0.478 e. The van der Waals surface area contributed by atoms with Gasteiger partial charge in [0.2, 0.25) is 5.78 Å². The molecule has 5 heteroatoms. The summed E-state index contributed by atoms with van der Waals surface area (Å²) in [5.41, 5.74) is 1.11. The number of carbonyl (C=O) groups is 2. The third-order valence-electron chi connectivity index (χ3n) is 3.71. The molecule has 3 rings (SSSR count). The first-order valence-electron chi connectivity index (χ1n) is 7.73. The molecular weight excluding hydrogens is 330 g/mol. The van der Waals surface area contributed by atoms with Crippen molar-refractivity contribution < 1.29 is 19.1 Å². The predicted molar refractivity (Wildman–Crippen MR) is 95.5 cm³/mol. The zero-order valence-electron chi connectivity index (χ0n) is 13.5. The molecule has 0 aliphatic carbocycles. The smallest absolute Gasteiger partial charge is 0.335 e. The molecule has 26 heavy (non-hydrogen) atoms. The Labute approximate surface area is 149 Å². The third kappa shape index (κ3) is 3.60. The van der Waals surface area contributed by atoms with E-state index in [2.05, 4.69) is 0 Å². The lowest BCUT2D eigenvalue weighted by Gasteiger charge is -2.00. The molecule has 0 saturated heterocycles. The first-order valence-corrected chi connectivity index (χ1v) is 7.73. The van der Waals surface area contributed by atoms with Gasteiger partial charge in [-0.1, -0.05) is 42.5 Å². The van der Waals surface area contributed by atoms with Crippen LogP contribution in [0.3, 0.4) is 0 Å². The third-order valence-corrected chi connectivity index (χ3v) is 3.71. The highest BCUT2D eigenvalue weighted by atomic mass is 16.4. The van der Waals surface area contributed by atoms with Gasteiger partial charge in [0.25, 0.3) is 0 Å². The molecule has 1 N–H and O–H groups in total. The number of hydrogen-bond donors (Lipinski definition) is 1. The molecule has 1 aromatic heterocycles. The monoisotopic (exact) mass is 343 g/mol. The summed E-state index contributed by atoms with van der Waals surface area (Å²) in [6.45, 7) is 0. The minimum Gasteiger partial charge on any atom is -0.478 e. The van der Waals surface area contributed by atoms with Crippen molar-refractivity contribution in [2.75, 3.05) is 0 Å². The van der Waals surface area contributed by atoms with Crippen LogP contribution in [-0.4, -0.2) is 16.9 Å². The zero-order valence-corrected chi connectivity index (χ0v) is 13.5. The lowest BCUT2D eigenvalue weighted by molar-refractivity contribution is 0.0696. The molecule has 126 valence electrons. The number of nitriles is 1. The standard InChI is InChI=1S/C21H13NO4/c22-13-17(20(23)14-5-2-1-3-6-14)12-18-9-10-19(26-18)15-7-4-8-16(11-15)21(24)25/h1-12H,(H,24,25)/b17-12+. The molecule has 0 saturated carbocycles. The highest BCUT2D eigenvalue weighted by Gasteiger charge is 2.13. The van der Waals surface area contributed by atoms with Crippen LogP contribution in [0.4, 0.5) is 0 Å². The van der Waals surface area contributed by atoms with E-state index in [0.717, 1.165) is 0 Å². The lowest BCUT2D eigenvalue weighted by Crippen LogP contribution is -2.01. The van der Waals surface area contributed by atoms with E-state index in [9.17, 15) is 14.9 Å². The summed E-state index contributed by atoms with van der Waals surface area (Å²) in [5.74, 6) is -0.636. The number of carbonyl (C=O) groups excluding carboxylic acids is 1. The highest BCUT2D eigenvalue weighted by Crippen LogP contribution is 2.25. The van der Waals surface area contributed by atoms with Gasteiger partial charge in [-0.15, -0.1) is 0 Å². The predicted octanol–water partition coefficient (Wildman–Crippen LogP) is 4.43. The Morgan fingerprint density at radius 3 is 2.38 bits per heavy atom. The molecule has 0 aliphatic rings. The van der Waals surface area contributed by atoms with Crippen molar-refractivity contribution in [1.82, 2.24) is 0 Å². The van der Waals surface area contributed by atoms with Gasteiger partial charge in [0.15, 0.2) is 0 Å². The van der Waals surface area contributed by atoms with Crippen LogP contribution in [0.2, 0.25) is 0 Å². The minimum atomic E-state index is -1.03. The number of rotatable bonds is 5. The van der Waals surface area contributed by atoms with Gasteiger partial charge in [0.1, 0.15) is 23.2 Å². The number of carboxylic acid groups (broad SMARTS) is 1. The van der Waals surface area contributed by atoms with Crippen LogP contribution in [0.25, 0.3) is 17.4 Å². The van der Waals surface area contributed by atoms with Gasteiger partial charge in [-0.05, 0) is 24.3 Å². The average Bonchev–Trinajstić information content (AvgIpc) is 3.15. The van der Waals surface area contributed by atoms with Crippen LogP contribution >= 0.6 is 0 Å². The van der Waals surface area contributed by atoms with E-state index < -0.39 is 5.97 Å². The summed E-state index contributed by atoms with van der Waals surface area (Å²) in [7, 11) is 0. The van der Waals surface area contributed by atoms with Crippen molar-refractivity contribution in [1.29, 1.82) is 5.26 Å². The van der Waals surface area contributed by atoms with Crippen molar-refractivity contribution in [3.63, 3.8) is 0 Å². The summed E-state index contributed by atoms with van der Waals surface area (Å²) in [4.78, 5) is 23.4. The fourth-order valence-electron chi connectivity index (χ4n) is 2.43. The van der Waals surface area contributed by atoms with E-state index in [0.29, 0.717) is 22.6 Å². The van der Waals surface area contributed by atoms with Crippen LogP contribution in [-0.2, 0) is 0 Å². The number of benzene rings is 2. The van der Waals surface area contributed by atoms with E-state index >= 15 is 0 Å². The molecular formula is C21H13NO4. The first kappa shape index (κ1) is 16.9. The Bertz CT molecular complexity index is 1040. The summed E-state index contributed by atoms with van der Waals surface area (Å²) in [6.07, 6.45) is 1.37. The number of hydrogen-bond acceptors (Lipinski definition) is 4. The van der Waals surface area contributed by atoms with E-state index in [-0.39, 0.29) is 16.9 Å². The Morgan fingerprint density at radius 2 is 1.69 bits per heavy atom. The SMILES string of the molecule is N#C/C(=C\c1ccc(-c2cccc(C(=O)O)c2)o1)C(=O)c1ccccc1. The van der Waals surface area contributed by atoms with Gasteiger partial charge in [0, 0.05) is 17.2 Å². The molecule has 0 spiro atoms. The second-order valence-corrected chi connectivity index (χ2v) is 5.45. The van der Waals surface area contributed by atoms with E-state index in [1.807, 2.05) is 6.07 Å². The quantitative estimate of drug-likeness (QED) is 0.420. The molecule has 0 atom stereocenters. The van der Waals surface area contributed by atoms with E-state index in [4.69, 9.17) is 9.52 Å². The number of furan rings is 1. The summed E-state index contributed by atoms with van der Waals surface area (Å²) in [5, 5.41) is 18.4. The topological polar surface area (TPSA) is 91.3 Å². The summed E-state index contributed by atoms with van der Waals surface area (Å²) in [6, 6.07) is 20.0. The molecule has 0 unspecified atom stereocenters. The maximum absolute atomic E-state index is 12.4. The van der Waals surface area contributed by atoms with Crippen molar-refractivity contribution in [2.45, 2.75) is 0 Å². The minimum absolute atomic E-state index is 0.0450. The zero-order chi connectivity index (χ0) is 18.5. The number of Topliss-reactive ketones (excluding diaryl/α,β-unsaturated/α-hetero) is 1. The van der Waals surface area contributed by atoms with Gasteiger partial charge >= 0.3 is 5.97 Å². The molecule has 0 amide bonds. The summed E-state index contributed by atoms with van der Waals surface area (Å²) < 4.78 is 5.65. The molecule has 5 nitrogen and oxygen atoms in total. The van der Waals surface area contributed by atoms with Crippen molar-refractivity contribution in [2.24, 2.45) is 0 Å². The molecule has 0 aliphatic heterocycles. The Kier molecular flexibility index (Phi) is 4.77. The van der Waals surface area contributed by atoms with Crippen molar-refractivity contribution >= 4 is 17.8 Å². The number of ketones is 1. The number of allylic oxidation sites excluding steroid dienone is 1. The van der Waals surface area contributed by atoms with E-state index in [1.54, 1.807) is 54.6 Å². The maximum atomic E-state index is 12.4. The number of nitrogens with zero attached hydrogens (tertiary/aromatic N) is 1. The Morgan fingerprint density at radius 1 is 0.962 bits per heavy atom. The second kappa shape index (κ2) is 7.32. The fraction of sp³-hybridized carbons (Fsp3) is 0. The molecule has 3 aromatic rings. The highest BCUT2D eigenvalue weighted by molar-refractivity contribution is 6.13. The second-order valence-electron chi connectivity index (χ2n) is 5.45. The van der Waals surface area contributed by atoms with Gasteiger partial charge in [-0.3, -0.25) is 4.79 Å². The van der Waals surface area contributed by atoms with Gasteiger partial charge in [-0.25, -0.2) is 4.79 Å². The molecule has 1 heterocycles. The first-order chi connectivity index (χ1) is 12.6.